The molecule has 7 nitrogen and oxygen atoms in total. The van der Waals surface area contributed by atoms with Crippen molar-refractivity contribution in [3.63, 3.8) is 0 Å². The third kappa shape index (κ3) is 3.77. The normalized spacial score (nSPS) is 13.2. The second kappa shape index (κ2) is 7.21. The second-order valence-corrected chi connectivity index (χ2v) is 8.09. The molecule has 27 heavy (non-hydrogen) atoms. The van der Waals surface area contributed by atoms with Gasteiger partial charge in [-0.15, -0.1) is 0 Å². The maximum Gasteiger partial charge on any atom is 0.339 e. The number of esters is 1. The standard InChI is InChI=1S/C18H17ClN2O5S/c1-11(22)21-8-7-12-9-14(4-6-17(12)21)27(24,25)20-13-3-5-16(19)15(10-13)18(23)26-2/h3-6,9-10,20H,7-8H2,1-2H3. The van der Waals surface area contributed by atoms with Crippen LogP contribution in [0.3, 0.4) is 0 Å². The highest BCUT2D eigenvalue weighted by atomic mass is 35.5. The first-order valence-electron chi connectivity index (χ1n) is 8.04. The summed E-state index contributed by atoms with van der Waals surface area (Å²) < 4.78 is 32.5. The van der Waals surface area contributed by atoms with Crippen LogP contribution in [0.4, 0.5) is 11.4 Å². The molecule has 2 aromatic carbocycles. The van der Waals surface area contributed by atoms with E-state index >= 15 is 0 Å². The summed E-state index contributed by atoms with van der Waals surface area (Å²) in [5, 5.41) is 0.159. The van der Waals surface area contributed by atoms with Gasteiger partial charge in [-0.2, -0.15) is 0 Å². The van der Waals surface area contributed by atoms with Crippen molar-refractivity contribution < 1.29 is 22.7 Å². The molecule has 0 fully saturated rings. The molecule has 2 aromatic rings. The zero-order valence-electron chi connectivity index (χ0n) is 14.7. The number of nitrogens with zero attached hydrogens (tertiary/aromatic N) is 1. The zero-order valence-corrected chi connectivity index (χ0v) is 16.2. The molecule has 1 N–H and O–H groups in total. The summed E-state index contributed by atoms with van der Waals surface area (Å²) in [6.07, 6.45) is 0.589. The van der Waals surface area contributed by atoms with Crippen LogP contribution in [-0.2, 0) is 26.0 Å². The fraction of sp³-hybridized carbons (Fsp3) is 0.222. The Bertz CT molecular complexity index is 1040. The summed E-state index contributed by atoms with van der Waals surface area (Å²) in [7, 11) is -2.67. The number of benzene rings is 2. The fourth-order valence-electron chi connectivity index (χ4n) is 2.94. The van der Waals surface area contributed by atoms with Crippen molar-refractivity contribution in [2.24, 2.45) is 0 Å². The molecule has 1 amide bonds. The topological polar surface area (TPSA) is 92.8 Å². The van der Waals surface area contributed by atoms with Crippen molar-refractivity contribution in [3.05, 3.63) is 52.5 Å². The van der Waals surface area contributed by atoms with Crippen LogP contribution in [0.5, 0.6) is 0 Å². The number of ether oxygens (including phenoxy) is 1. The van der Waals surface area contributed by atoms with E-state index in [1.165, 1.54) is 38.3 Å². The van der Waals surface area contributed by atoms with Gasteiger partial charge in [0.2, 0.25) is 5.91 Å². The van der Waals surface area contributed by atoms with Gasteiger partial charge in [0.15, 0.2) is 0 Å². The Morgan fingerprint density at radius 3 is 2.59 bits per heavy atom. The lowest BCUT2D eigenvalue weighted by atomic mass is 10.2. The number of amides is 1. The number of fused-ring (bicyclic) bond motifs is 1. The molecule has 0 unspecified atom stereocenters. The van der Waals surface area contributed by atoms with E-state index in [9.17, 15) is 18.0 Å². The van der Waals surface area contributed by atoms with Crippen LogP contribution in [0.1, 0.15) is 22.8 Å². The number of hydrogen-bond donors (Lipinski definition) is 1. The van der Waals surface area contributed by atoms with Gasteiger partial charge in [-0.1, -0.05) is 11.6 Å². The number of rotatable bonds is 4. The molecule has 0 bridgehead atoms. The Hall–Kier alpha value is -2.58. The number of halogens is 1. The van der Waals surface area contributed by atoms with Crippen molar-refractivity contribution in [2.75, 3.05) is 23.3 Å². The number of anilines is 2. The predicted molar refractivity (Wildman–Crippen MR) is 102 cm³/mol. The van der Waals surface area contributed by atoms with Gasteiger partial charge in [0.1, 0.15) is 0 Å². The molecule has 0 radical (unpaired) electrons. The Balaban J connectivity index is 1.90. The van der Waals surface area contributed by atoms with Gasteiger partial charge in [-0.05, 0) is 48.4 Å². The highest BCUT2D eigenvalue weighted by molar-refractivity contribution is 7.92. The van der Waals surface area contributed by atoms with E-state index in [1.807, 2.05) is 0 Å². The largest absolute Gasteiger partial charge is 0.465 e. The van der Waals surface area contributed by atoms with E-state index in [0.717, 1.165) is 11.3 Å². The summed E-state index contributed by atoms with van der Waals surface area (Å²) in [4.78, 5) is 25.0. The van der Waals surface area contributed by atoms with Gasteiger partial charge >= 0.3 is 5.97 Å². The van der Waals surface area contributed by atoms with Crippen LogP contribution in [0.15, 0.2) is 41.3 Å². The van der Waals surface area contributed by atoms with Crippen molar-refractivity contribution in [1.29, 1.82) is 0 Å². The first-order chi connectivity index (χ1) is 12.7. The monoisotopic (exact) mass is 408 g/mol. The van der Waals surface area contributed by atoms with E-state index in [-0.39, 0.29) is 27.1 Å². The van der Waals surface area contributed by atoms with Gasteiger partial charge in [0.05, 0.1) is 22.6 Å². The molecule has 1 aliphatic rings. The van der Waals surface area contributed by atoms with Crippen LogP contribution >= 0.6 is 11.6 Å². The van der Waals surface area contributed by atoms with Crippen molar-refractivity contribution in [2.45, 2.75) is 18.2 Å². The summed E-state index contributed by atoms with van der Waals surface area (Å²) in [6.45, 7) is 2.00. The van der Waals surface area contributed by atoms with E-state index in [0.29, 0.717) is 13.0 Å². The average molecular weight is 409 g/mol. The average Bonchev–Trinajstić information content (AvgIpc) is 3.06. The summed E-state index contributed by atoms with van der Waals surface area (Å²) in [5.74, 6) is -0.748. The smallest absolute Gasteiger partial charge is 0.339 e. The molecule has 142 valence electrons. The summed E-state index contributed by atoms with van der Waals surface area (Å²) in [6, 6.07) is 8.81. The molecule has 0 spiro atoms. The summed E-state index contributed by atoms with van der Waals surface area (Å²) in [5.41, 5.74) is 1.76. The molecular weight excluding hydrogens is 392 g/mol. The Kier molecular flexibility index (Phi) is 5.12. The maximum absolute atomic E-state index is 12.7. The van der Waals surface area contributed by atoms with E-state index in [1.54, 1.807) is 17.0 Å². The highest BCUT2D eigenvalue weighted by Crippen LogP contribution is 2.31. The minimum atomic E-state index is -3.88. The lowest BCUT2D eigenvalue weighted by molar-refractivity contribution is -0.116. The van der Waals surface area contributed by atoms with Gasteiger partial charge < -0.3 is 9.64 Å². The molecule has 0 aromatic heterocycles. The van der Waals surface area contributed by atoms with E-state index in [2.05, 4.69) is 9.46 Å². The van der Waals surface area contributed by atoms with Crippen molar-refractivity contribution in [1.82, 2.24) is 0 Å². The lowest BCUT2D eigenvalue weighted by Gasteiger charge is -2.15. The number of hydrogen-bond acceptors (Lipinski definition) is 5. The molecule has 3 rings (SSSR count). The van der Waals surface area contributed by atoms with Crippen molar-refractivity contribution >= 4 is 44.9 Å². The molecule has 0 saturated heterocycles. The number of methoxy groups -OCH3 is 1. The molecule has 0 aliphatic carbocycles. The number of nitrogens with one attached hydrogen (secondary N) is 1. The maximum atomic E-state index is 12.7. The molecule has 1 aliphatic heterocycles. The van der Waals surface area contributed by atoms with Crippen LogP contribution in [-0.4, -0.2) is 33.9 Å². The van der Waals surface area contributed by atoms with Crippen molar-refractivity contribution in [3.8, 4) is 0 Å². The minimum Gasteiger partial charge on any atom is -0.465 e. The summed E-state index contributed by atoms with van der Waals surface area (Å²) >= 11 is 5.95. The van der Waals surface area contributed by atoms with Crippen LogP contribution < -0.4 is 9.62 Å². The van der Waals surface area contributed by atoms with Crippen LogP contribution in [0.2, 0.25) is 5.02 Å². The zero-order chi connectivity index (χ0) is 19.8. The third-order valence-electron chi connectivity index (χ3n) is 4.26. The SMILES string of the molecule is COC(=O)c1cc(NS(=O)(=O)c2ccc3c(c2)CCN3C(C)=O)ccc1Cl. The first-order valence-corrected chi connectivity index (χ1v) is 9.91. The van der Waals surface area contributed by atoms with Gasteiger partial charge in [0, 0.05) is 24.8 Å². The van der Waals surface area contributed by atoms with Crippen LogP contribution in [0.25, 0.3) is 0 Å². The fourth-order valence-corrected chi connectivity index (χ4v) is 4.24. The Morgan fingerprint density at radius 1 is 1.19 bits per heavy atom. The second-order valence-electron chi connectivity index (χ2n) is 6.00. The molecule has 1 heterocycles. The lowest BCUT2D eigenvalue weighted by Crippen LogP contribution is -2.25. The van der Waals surface area contributed by atoms with E-state index < -0.39 is 16.0 Å². The number of carbonyl (C=O) groups is 2. The number of carbonyl (C=O) groups excluding carboxylic acids is 2. The van der Waals surface area contributed by atoms with Crippen LogP contribution in [0, 0.1) is 0 Å². The van der Waals surface area contributed by atoms with E-state index in [4.69, 9.17) is 11.6 Å². The Labute approximate surface area is 161 Å². The third-order valence-corrected chi connectivity index (χ3v) is 5.97. The Morgan fingerprint density at radius 2 is 1.93 bits per heavy atom. The number of sulfonamides is 1. The first kappa shape index (κ1) is 19.2. The molecule has 0 saturated carbocycles. The van der Waals surface area contributed by atoms with Gasteiger partial charge in [0.25, 0.3) is 10.0 Å². The molecular formula is C18H17ClN2O5S. The molecule has 9 heteroatoms. The predicted octanol–water partition coefficient (Wildman–Crippen LogP) is 2.84. The minimum absolute atomic E-state index is 0.0606. The highest BCUT2D eigenvalue weighted by Gasteiger charge is 2.25. The van der Waals surface area contributed by atoms with Gasteiger partial charge in [-0.25, -0.2) is 13.2 Å². The molecule has 0 atom stereocenters. The quantitative estimate of drug-likeness (QED) is 0.785. The van der Waals surface area contributed by atoms with Gasteiger partial charge in [-0.3, -0.25) is 9.52 Å².